The number of nitrogens with one attached hydrogen (secondary N) is 1. The number of sulfone groups is 1. The maximum Gasteiger partial charge on any atom is 0.270 e. The van der Waals surface area contributed by atoms with Gasteiger partial charge in [-0.25, -0.2) is 8.42 Å². The van der Waals surface area contributed by atoms with Crippen LogP contribution in [-0.2, 0) is 9.84 Å². The molecule has 6 nitrogen and oxygen atoms in total. The van der Waals surface area contributed by atoms with Crippen molar-refractivity contribution in [3.8, 4) is 0 Å². The molecule has 6 rings (SSSR count). The summed E-state index contributed by atoms with van der Waals surface area (Å²) in [6, 6.07) is 11.9. The molecule has 0 saturated carbocycles. The standard InChI is InChI=1S/C21H21N3O3S2/c25-21(23-18-13-24-8-6-14(18)7-9-24)17-11-19-15(12-22-17)10-20(28-19)29(26,27)16-4-2-1-3-5-16/h1-5,10-12,14,18H,6-9,13H2,(H,23,25)/t18-/m0/s1. The molecule has 1 atom stereocenters. The van der Waals surface area contributed by atoms with E-state index in [0.717, 1.165) is 42.6 Å². The SMILES string of the molecule is O=C(N[C@H]1CN2CCC1CC2)c1cc2sc(S(=O)(=O)c3ccccc3)cc2cn1. The molecular formula is C21H21N3O3S2. The molecule has 2 bridgehead atoms. The van der Waals surface area contributed by atoms with Crippen molar-refractivity contribution >= 4 is 37.2 Å². The number of amides is 1. The highest BCUT2D eigenvalue weighted by Gasteiger charge is 2.35. The minimum atomic E-state index is -3.58. The Hall–Kier alpha value is -2.29. The summed E-state index contributed by atoms with van der Waals surface area (Å²) in [5.41, 5.74) is 0.333. The van der Waals surface area contributed by atoms with E-state index in [1.807, 2.05) is 0 Å². The zero-order chi connectivity index (χ0) is 20.0. The summed E-state index contributed by atoms with van der Waals surface area (Å²) in [7, 11) is -3.58. The van der Waals surface area contributed by atoms with E-state index >= 15 is 0 Å². The van der Waals surface area contributed by atoms with Crippen LogP contribution in [0.25, 0.3) is 10.1 Å². The van der Waals surface area contributed by atoms with Gasteiger partial charge in [-0.15, -0.1) is 11.3 Å². The van der Waals surface area contributed by atoms with Gasteiger partial charge < -0.3 is 10.2 Å². The van der Waals surface area contributed by atoms with Crippen molar-refractivity contribution in [1.29, 1.82) is 0 Å². The van der Waals surface area contributed by atoms with Crippen molar-refractivity contribution in [2.24, 2.45) is 5.92 Å². The fraction of sp³-hybridized carbons (Fsp3) is 0.333. The van der Waals surface area contributed by atoms with Crippen molar-refractivity contribution in [1.82, 2.24) is 15.2 Å². The fourth-order valence-corrected chi connectivity index (χ4v) is 7.08. The van der Waals surface area contributed by atoms with Crippen molar-refractivity contribution in [2.75, 3.05) is 19.6 Å². The summed E-state index contributed by atoms with van der Waals surface area (Å²) < 4.78 is 26.7. The number of thiophene rings is 1. The number of benzene rings is 1. The molecule has 150 valence electrons. The average molecular weight is 428 g/mol. The quantitative estimate of drug-likeness (QED) is 0.693. The lowest BCUT2D eigenvalue weighted by Gasteiger charge is -2.44. The topological polar surface area (TPSA) is 79.4 Å². The van der Waals surface area contributed by atoms with Crippen LogP contribution in [0.4, 0.5) is 0 Å². The van der Waals surface area contributed by atoms with Gasteiger partial charge in [0.2, 0.25) is 9.84 Å². The normalized spacial score (nSPS) is 23.9. The number of rotatable bonds is 4. The molecular weight excluding hydrogens is 406 g/mol. The molecule has 1 amide bonds. The highest BCUT2D eigenvalue weighted by atomic mass is 32.2. The zero-order valence-electron chi connectivity index (χ0n) is 15.7. The van der Waals surface area contributed by atoms with Gasteiger partial charge in [0.15, 0.2) is 0 Å². The summed E-state index contributed by atoms with van der Waals surface area (Å²) in [6.45, 7) is 3.14. The van der Waals surface area contributed by atoms with Gasteiger partial charge >= 0.3 is 0 Å². The van der Waals surface area contributed by atoms with Crippen molar-refractivity contribution < 1.29 is 13.2 Å². The molecule has 3 aliphatic rings. The maximum atomic E-state index is 12.9. The van der Waals surface area contributed by atoms with E-state index in [2.05, 4.69) is 15.2 Å². The first-order chi connectivity index (χ1) is 14.0. The second kappa shape index (κ2) is 7.19. The Balaban J connectivity index is 1.40. The Kier molecular flexibility index (Phi) is 4.64. The average Bonchev–Trinajstić information content (AvgIpc) is 3.19. The third-order valence-electron chi connectivity index (χ3n) is 5.90. The molecule has 0 spiro atoms. The first-order valence-electron chi connectivity index (χ1n) is 9.74. The summed E-state index contributed by atoms with van der Waals surface area (Å²) in [5, 5.41) is 3.86. The largest absolute Gasteiger partial charge is 0.346 e. The predicted octanol–water partition coefficient (Wildman–Crippen LogP) is 2.95. The first kappa shape index (κ1) is 18.7. The molecule has 0 radical (unpaired) electrons. The van der Waals surface area contributed by atoms with Gasteiger partial charge in [0.05, 0.1) is 4.90 Å². The number of aromatic nitrogens is 1. The summed E-state index contributed by atoms with van der Waals surface area (Å²) in [6.07, 6.45) is 3.84. The number of carbonyl (C=O) groups is 1. The van der Waals surface area contributed by atoms with Crippen molar-refractivity contribution in [2.45, 2.75) is 28.0 Å². The number of hydrogen-bond donors (Lipinski definition) is 1. The van der Waals surface area contributed by atoms with Gasteiger partial charge in [-0.05, 0) is 56.1 Å². The van der Waals surface area contributed by atoms with Crippen LogP contribution in [0.5, 0.6) is 0 Å². The molecule has 29 heavy (non-hydrogen) atoms. The van der Waals surface area contributed by atoms with E-state index in [-0.39, 0.29) is 21.1 Å². The van der Waals surface area contributed by atoms with Crippen LogP contribution >= 0.6 is 11.3 Å². The second-order valence-corrected chi connectivity index (χ2v) is 11.0. The van der Waals surface area contributed by atoms with Crippen LogP contribution in [0.1, 0.15) is 23.3 Å². The molecule has 3 fully saturated rings. The van der Waals surface area contributed by atoms with E-state index in [9.17, 15) is 13.2 Å². The fourth-order valence-electron chi connectivity index (χ4n) is 4.25. The van der Waals surface area contributed by atoms with Gasteiger partial charge in [-0.3, -0.25) is 9.78 Å². The van der Waals surface area contributed by atoms with Crippen LogP contribution in [-0.4, -0.2) is 49.9 Å². The molecule has 3 aliphatic heterocycles. The lowest BCUT2D eigenvalue weighted by Crippen LogP contribution is -2.57. The molecule has 3 saturated heterocycles. The summed E-state index contributed by atoms with van der Waals surface area (Å²) in [4.78, 5) is 19.7. The van der Waals surface area contributed by atoms with Gasteiger partial charge in [0.1, 0.15) is 9.90 Å². The monoisotopic (exact) mass is 427 g/mol. The van der Waals surface area contributed by atoms with Crippen LogP contribution in [0, 0.1) is 5.92 Å². The van der Waals surface area contributed by atoms with Crippen molar-refractivity contribution in [3.05, 3.63) is 54.4 Å². The highest BCUT2D eigenvalue weighted by molar-refractivity contribution is 7.93. The van der Waals surface area contributed by atoms with Crippen LogP contribution in [0.15, 0.2) is 57.8 Å². The Bertz CT molecular complexity index is 1170. The Morgan fingerprint density at radius 1 is 1.14 bits per heavy atom. The Morgan fingerprint density at radius 3 is 2.59 bits per heavy atom. The molecule has 0 aliphatic carbocycles. The van der Waals surface area contributed by atoms with E-state index < -0.39 is 9.84 Å². The predicted molar refractivity (Wildman–Crippen MR) is 112 cm³/mol. The van der Waals surface area contributed by atoms with E-state index in [1.165, 1.54) is 11.3 Å². The smallest absolute Gasteiger partial charge is 0.270 e. The van der Waals surface area contributed by atoms with Crippen LogP contribution < -0.4 is 5.32 Å². The third-order valence-corrected chi connectivity index (χ3v) is 9.24. The van der Waals surface area contributed by atoms with Gasteiger partial charge in [0, 0.05) is 28.9 Å². The van der Waals surface area contributed by atoms with Gasteiger partial charge in [0.25, 0.3) is 5.91 Å². The van der Waals surface area contributed by atoms with Crippen LogP contribution in [0.2, 0.25) is 0 Å². The number of carbonyl (C=O) groups excluding carboxylic acids is 1. The van der Waals surface area contributed by atoms with Gasteiger partial charge in [-0.2, -0.15) is 0 Å². The lowest BCUT2D eigenvalue weighted by atomic mass is 9.84. The molecule has 0 unspecified atom stereocenters. The summed E-state index contributed by atoms with van der Waals surface area (Å²) >= 11 is 1.17. The summed E-state index contributed by atoms with van der Waals surface area (Å²) in [5.74, 6) is 0.351. The molecule has 5 heterocycles. The zero-order valence-corrected chi connectivity index (χ0v) is 17.4. The Morgan fingerprint density at radius 2 is 1.90 bits per heavy atom. The molecule has 1 N–H and O–H groups in total. The van der Waals surface area contributed by atoms with E-state index in [1.54, 1.807) is 48.7 Å². The van der Waals surface area contributed by atoms with Crippen molar-refractivity contribution in [3.63, 3.8) is 0 Å². The van der Waals surface area contributed by atoms with E-state index in [4.69, 9.17) is 0 Å². The molecule has 1 aromatic carbocycles. The van der Waals surface area contributed by atoms with E-state index in [0.29, 0.717) is 11.6 Å². The number of nitrogens with zero attached hydrogens (tertiary/aromatic N) is 2. The number of pyridine rings is 1. The maximum absolute atomic E-state index is 12.9. The lowest BCUT2D eigenvalue weighted by molar-refractivity contribution is 0.0618. The molecule has 3 aromatic rings. The minimum absolute atomic E-state index is 0.167. The number of hydrogen-bond acceptors (Lipinski definition) is 6. The minimum Gasteiger partial charge on any atom is -0.346 e. The third kappa shape index (κ3) is 3.45. The number of piperidine rings is 3. The number of fused-ring (bicyclic) bond motifs is 4. The van der Waals surface area contributed by atoms with Gasteiger partial charge in [-0.1, -0.05) is 18.2 Å². The Labute approximate surface area is 173 Å². The van der Waals surface area contributed by atoms with Crippen LogP contribution in [0.3, 0.4) is 0 Å². The highest BCUT2D eigenvalue weighted by Crippen LogP contribution is 2.33. The second-order valence-electron chi connectivity index (χ2n) is 7.71. The first-order valence-corrected chi connectivity index (χ1v) is 12.0. The molecule has 2 aromatic heterocycles. The molecule has 8 heteroatoms.